The molecule has 0 aliphatic rings. The smallest absolute Gasteiger partial charge is 0.0414 e. The Balaban J connectivity index is 0.000000240. The molecule has 0 heterocycles. The van der Waals surface area contributed by atoms with Crippen molar-refractivity contribution in [2.75, 3.05) is 0 Å². The van der Waals surface area contributed by atoms with E-state index >= 15 is 0 Å². The van der Waals surface area contributed by atoms with Crippen LogP contribution >= 0.6 is 0 Å². The van der Waals surface area contributed by atoms with Crippen LogP contribution in [0.2, 0.25) is 0 Å². The van der Waals surface area contributed by atoms with Crippen LogP contribution < -0.4 is 10.2 Å². The molecule has 0 saturated carbocycles. The molecule has 0 atom stereocenters. The third-order valence-corrected chi connectivity index (χ3v) is 3.39. The highest BCUT2D eigenvalue weighted by molar-refractivity contribution is 5.64. The molecule has 4 heteroatoms. The molecule has 4 nitrogen and oxygen atoms in total. The van der Waals surface area contributed by atoms with Crippen LogP contribution in [-0.4, -0.2) is 11.9 Å². The summed E-state index contributed by atoms with van der Waals surface area (Å²) in [5.41, 5.74) is 2.55. The maximum Gasteiger partial charge on any atom is 0.0414 e. The third-order valence-electron chi connectivity index (χ3n) is 3.39. The predicted octanol–water partition coefficient (Wildman–Crippen LogP) is 2.18. The summed E-state index contributed by atoms with van der Waals surface area (Å²) >= 11 is 0. The topological polar surface area (TPSA) is 80.3 Å². The molecular weight excluding hydrogens is 304 g/mol. The first-order valence-corrected chi connectivity index (χ1v) is 8.09. The molecule has 2 rings (SSSR count). The SMILES string of the molecule is O=C([O-])CCCCCCC(=O)[O-].c1ccc(-c2ccccc2)cc1. The summed E-state index contributed by atoms with van der Waals surface area (Å²) in [4.78, 5) is 19.8. The zero-order valence-corrected chi connectivity index (χ0v) is 13.6. The first-order valence-electron chi connectivity index (χ1n) is 8.09. The van der Waals surface area contributed by atoms with Crippen molar-refractivity contribution < 1.29 is 19.8 Å². The van der Waals surface area contributed by atoms with Crippen molar-refractivity contribution >= 4 is 11.9 Å². The van der Waals surface area contributed by atoms with Crippen molar-refractivity contribution in [3.05, 3.63) is 60.7 Å². The van der Waals surface area contributed by atoms with Crippen LogP contribution in [0.25, 0.3) is 11.1 Å². The van der Waals surface area contributed by atoms with Crippen molar-refractivity contribution in [3.8, 4) is 11.1 Å². The van der Waals surface area contributed by atoms with E-state index in [9.17, 15) is 19.8 Å². The molecule has 24 heavy (non-hydrogen) atoms. The fraction of sp³-hybridized carbons (Fsp3) is 0.300. The lowest BCUT2D eigenvalue weighted by Crippen LogP contribution is -2.22. The predicted molar refractivity (Wildman–Crippen MR) is 89.6 cm³/mol. The van der Waals surface area contributed by atoms with E-state index in [2.05, 4.69) is 48.5 Å². The average molecular weight is 326 g/mol. The number of aliphatic carboxylic acids is 2. The standard InChI is InChI=1S/C12H10.C8H14O4/c1-3-7-11(8-4-1)12-9-5-2-6-10-12;9-7(10)5-3-1-2-4-6-8(11)12/h1-10H;1-6H2,(H,9,10)(H,11,12)/p-2. The molecule has 0 bridgehead atoms. The Morgan fingerprint density at radius 3 is 1.21 bits per heavy atom. The second-order valence-corrected chi connectivity index (χ2v) is 5.39. The molecule has 128 valence electrons. The molecule has 0 saturated heterocycles. The van der Waals surface area contributed by atoms with E-state index in [0.717, 1.165) is 12.8 Å². The second kappa shape index (κ2) is 11.9. The van der Waals surface area contributed by atoms with Gasteiger partial charge in [0.1, 0.15) is 0 Å². The summed E-state index contributed by atoms with van der Waals surface area (Å²) in [5.74, 6) is -2.09. The molecular formula is C20H22O4-2. The maximum absolute atomic E-state index is 9.92. The first-order chi connectivity index (χ1) is 11.6. The highest BCUT2D eigenvalue weighted by atomic mass is 16.4. The number of rotatable bonds is 8. The maximum atomic E-state index is 9.92. The Bertz CT molecular complexity index is 538. The number of unbranched alkanes of at least 4 members (excludes halogenated alkanes) is 3. The van der Waals surface area contributed by atoms with Crippen LogP contribution in [0.4, 0.5) is 0 Å². The number of hydrogen-bond acceptors (Lipinski definition) is 4. The average Bonchev–Trinajstić information content (AvgIpc) is 2.60. The van der Waals surface area contributed by atoms with Crippen LogP contribution in [0.15, 0.2) is 60.7 Å². The minimum absolute atomic E-state index is 0.0608. The van der Waals surface area contributed by atoms with Gasteiger partial charge in [-0.1, -0.05) is 73.5 Å². The molecule has 0 unspecified atom stereocenters. The molecule has 0 aliphatic heterocycles. The Kier molecular flexibility index (Phi) is 9.62. The van der Waals surface area contributed by atoms with Crippen molar-refractivity contribution in [3.63, 3.8) is 0 Å². The van der Waals surface area contributed by atoms with Gasteiger partial charge in [0.05, 0.1) is 0 Å². The van der Waals surface area contributed by atoms with E-state index in [-0.39, 0.29) is 12.8 Å². The Hall–Kier alpha value is -2.62. The summed E-state index contributed by atoms with van der Waals surface area (Å²) in [6, 6.07) is 20.8. The summed E-state index contributed by atoms with van der Waals surface area (Å²) in [6.45, 7) is 0. The molecule has 0 radical (unpaired) electrons. The van der Waals surface area contributed by atoms with Gasteiger partial charge in [0.15, 0.2) is 0 Å². The van der Waals surface area contributed by atoms with Gasteiger partial charge in [-0.2, -0.15) is 0 Å². The monoisotopic (exact) mass is 326 g/mol. The minimum Gasteiger partial charge on any atom is -0.550 e. The summed E-state index contributed by atoms with van der Waals surface area (Å²) in [7, 11) is 0. The lowest BCUT2D eigenvalue weighted by atomic mass is 10.1. The zero-order valence-electron chi connectivity index (χ0n) is 13.6. The highest BCUT2D eigenvalue weighted by Crippen LogP contribution is 2.17. The van der Waals surface area contributed by atoms with E-state index in [1.165, 1.54) is 11.1 Å². The van der Waals surface area contributed by atoms with E-state index < -0.39 is 11.9 Å². The Morgan fingerprint density at radius 1 is 0.583 bits per heavy atom. The van der Waals surface area contributed by atoms with Crippen molar-refractivity contribution in [2.45, 2.75) is 38.5 Å². The third kappa shape index (κ3) is 9.41. The molecule has 0 aromatic heterocycles. The van der Waals surface area contributed by atoms with Crippen LogP contribution in [0.5, 0.6) is 0 Å². The van der Waals surface area contributed by atoms with Crippen LogP contribution in [0.3, 0.4) is 0 Å². The van der Waals surface area contributed by atoms with Crippen LogP contribution in [0, 0.1) is 0 Å². The molecule has 2 aromatic rings. The zero-order chi connectivity index (χ0) is 17.6. The number of carbonyl (C=O) groups excluding carboxylic acids is 2. The van der Waals surface area contributed by atoms with Crippen LogP contribution in [-0.2, 0) is 9.59 Å². The highest BCUT2D eigenvalue weighted by Gasteiger charge is 1.92. The Morgan fingerprint density at radius 2 is 0.917 bits per heavy atom. The van der Waals surface area contributed by atoms with Gasteiger partial charge in [0.2, 0.25) is 0 Å². The van der Waals surface area contributed by atoms with Crippen LogP contribution in [0.1, 0.15) is 38.5 Å². The Labute approximate surface area is 142 Å². The lowest BCUT2D eigenvalue weighted by molar-refractivity contribution is -0.307. The molecule has 0 spiro atoms. The fourth-order valence-corrected chi connectivity index (χ4v) is 2.15. The minimum atomic E-state index is -1.05. The number of carboxylic acids is 2. The summed E-state index contributed by atoms with van der Waals surface area (Å²) in [6.07, 6.45) is 2.73. The lowest BCUT2D eigenvalue weighted by Gasteiger charge is -2.02. The summed E-state index contributed by atoms with van der Waals surface area (Å²) < 4.78 is 0. The van der Waals surface area contributed by atoms with Gasteiger partial charge in [-0.3, -0.25) is 0 Å². The number of carboxylic acid groups (broad SMARTS) is 2. The normalized spacial score (nSPS) is 9.67. The second-order valence-electron chi connectivity index (χ2n) is 5.39. The van der Waals surface area contributed by atoms with Gasteiger partial charge in [-0.25, -0.2) is 0 Å². The fourth-order valence-electron chi connectivity index (χ4n) is 2.15. The molecule has 2 aromatic carbocycles. The largest absolute Gasteiger partial charge is 0.550 e. The van der Waals surface area contributed by atoms with Crippen molar-refractivity contribution in [1.82, 2.24) is 0 Å². The number of carbonyl (C=O) groups is 2. The number of hydrogen-bond donors (Lipinski definition) is 0. The quantitative estimate of drug-likeness (QED) is 0.696. The molecule has 0 fully saturated rings. The number of benzene rings is 2. The van der Waals surface area contributed by atoms with E-state index in [1.807, 2.05) is 12.1 Å². The van der Waals surface area contributed by atoms with Gasteiger partial charge in [0, 0.05) is 11.9 Å². The van der Waals surface area contributed by atoms with Gasteiger partial charge in [-0.05, 0) is 36.8 Å². The first kappa shape index (κ1) is 19.4. The molecule has 0 N–H and O–H groups in total. The van der Waals surface area contributed by atoms with Crippen molar-refractivity contribution in [1.29, 1.82) is 0 Å². The summed E-state index contributed by atoms with van der Waals surface area (Å²) in [5, 5.41) is 19.8. The van der Waals surface area contributed by atoms with Gasteiger partial charge in [-0.15, -0.1) is 0 Å². The molecule has 0 aliphatic carbocycles. The van der Waals surface area contributed by atoms with E-state index in [4.69, 9.17) is 0 Å². The van der Waals surface area contributed by atoms with E-state index in [0.29, 0.717) is 12.8 Å². The van der Waals surface area contributed by atoms with Gasteiger partial charge in [0.25, 0.3) is 0 Å². The van der Waals surface area contributed by atoms with Gasteiger partial charge < -0.3 is 19.8 Å². The van der Waals surface area contributed by atoms with Crippen molar-refractivity contribution in [2.24, 2.45) is 0 Å². The van der Waals surface area contributed by atoms with Gasteiger partial charge >= 0.3 is 0 Å². The van der Waals surface area contributed by atoms with E-state index in [1.54, 1.807) is 0 Å². The molecule has 0 amide bonds.